The van der Waals surface area contributed by atoms with Crippen LogP contribution in [0.15, 0.2) is 0 Å². The van der Waals surface area contributed by atoms with Crippen LogP contribution in [0.5, 0.6) is 0 Å². The number of hydrogen-bond acceptors (Lipinski definition) is 3. The van der Waals surface area contributed by atoms with Crippen LogP contribution in [0.2, 0.25) is 0 Å². The number of nitriles is 2. The Balaban J connectivity index is 2.41. The smallest absolute Gasteiger partial charge is 0.174 e. The van der Waals surface area contributed by atoms with Gasteiger partial charge in [0.15, 0.2) is 5.41 Å². The average molecular weight is 218 g/mol. The molecule has 2 saturated carbocycles. The Morgan fingerprint density at radius 3 is 2.06 bits per heavy atom. The molecule has 0 aromatic rings. The summed E-state index contributed by atoms with van der Waals surface area (Å²) in [5, 5.41) is 28.9. The lowest BCUT2D eigenvalue weighted by molar-refractivity contribution is -0.0618. The van der Waals surface area contributed by atoms with Gasteiger partial charge < -0.3 is 5.11 Å². The Morgan fingerprint density at radius 2 is 1.50 bits per heavy atom. The van der Waals surface area contributed by atoms with Crippen LogP contribution in [0.4, 0.5) is 0 Å². The van der Waals surface area contributed by atoms with Crippen LogP contribution in [0, 0.1) is 33.5 Å². The topological polar surface area (TPSA) is 67.8 Å². The van der Waals surface area contributed by atoms with Gasteiger partial charge in [0.25, 0.3) is 0 Å². The third-order valence-electron chi connectivity index (χ3n) is 4.63. The molecule has 2 rings (SSSR count). The predicted octanol–water partition coefficient (Wildman–Crippen LogP) is 2.52. The van der Waals surface area contributed by atoms with Crippen LogP contribution < -0.4 is 0 Å². The van der Waals surface area contributed by atoms with Gasteiger partial charge in [0.2, 0.25) is 0 Å². The molecule has 86 valence electrons. The van der Waals surface area contributed by atoms with E-state index in [1.54, 1.807) is 0 Å². The summed E-state index contributed by atoms with van der Waals surface area (Å²) in [5.41, 5.74) is -1.38. The number of aliphatic hydroxyl groups is 1. The summed E-state index contributed by atoms with van der Waals surface area (Å²) < 4.78 is 0. The molecule has 2 aliphatic rings. The summed E-state index contributed by atoms with van der Waals surface area (Å²) in [4.78, 5) is 0. The summed E-state index contributed by atoms with van der Waals surface area (Å²) in [6.07, 6.45) is 6.99. The largest absolute Gasteiger partial charge is 0.390 e. The van der Waals surface area contributed by atoms with Crippen LogP contribution >= 0.6 is 0 Å². The monoisotopic (exact) mass is 218 g/mol. The molecule has 0 bridgehead atoms. The number of aliphatic hydroxyl groups excluding tert-OH is 1. The zero-order chi connectivity index (χ0) is 11.6. The van der Waals surface area contributed by atoms with Gasteiger partial charge in [-0.05, 0) is 25.7 Å². The summed E-state index contributed by atoms with van der Waals surface area (Å²) in [5.74, 6) is 0. The van der Waals surface area contributed by atoms with Crippen LogP contribution in [0.1, 0.15) is 51.4 Å². The molecule has 0 aliphatic heterocycles. The van der Waals surface area contributed by atoms with E-state index in [0.717, 1.165) is 38.5 Å². The van der Waals surface area contributed by atoms with E-state index in [0.29, 0.717) is 6.42 Å². The molecule has 16 heavy (non-hydrogen) atoms. The van der Waals surface area contributed by atoms with Crippen molar-refractivity contribution in [1.29, 1.82) is 10.5 Å². The van der Waals surface area contributed by atoms with Gasteiger partial charge >= 0.3 is 0 Å². The van der Waals surface area contributed by atoms with Crippen LogP contribution in [-0.2, 0) is 0 Å². The van der Waals surface area contributed by atoms with Gasteiger partial charge in [0.1, 0.15) is 0 Å². The van der Waals surface area contributed by atoms with Gasteiger partial charge in [0, 0.05) is 5.41 Å². The summed E-state index contributed by atoms with van der Waals surface area (Å²) in [7, 11) is 0. The Morgan fingerprint density at radius 1 is 0.938 bits per heavy atom. The zero-order valence-corrected chi connectivity index (χ0v) is 9.58. The van der Waals surface area contributed by atoms with E-state index in [4.69, 9.17) is 0 Å². The van der Waals surface area contributed by atoms with Crippen molar-refractivity contribution < 1.29 is 5.11 Å². The lowest BCUT2D eigenvalue weighted by Crippen LogP contribution is -2.52. The third-order valence-corrected chi connectivity index (χ3v) is 4.63. The van der Waals surface area contributed by atoms with Crippen molar-refractivity contribution in [2.75, 3.05) is 0 Å². The summed E-state index contributed by atoms with van der Waals surface area (Å²) in [6, 6.07) is 4.33. The highest BCUT2D eigenvalue weighted by Gasteiger charge is 2.58. The van der Waals surface area contributed by atoms with Crippen LogP contribution in [0.3, 0.4) is 0 Å². The first-order chi connectivity index (χ1) is 7.71. The van der Waals surface area contributed by atoms with Crippen molar-refractivity contribution in [2.45, 2.75) is 57.5 Å². The highest BCUT2D eigenvalue weighted by molar-refractivity contribution is 5.26. The van der Waals surface area contributed by atoms with E-state index in [9.17, 15) is 15.6 Å². The van der Waals surface area contributed by atoms with Crippen molar-refractivity contribution in [1.82, 2.24) is 0 Å². The summed E-state index contributed by atoms with van der Waals surface area (Å²) in [6.45, 7) is 0. The fourth-order valence-corrected chi connectivity index (χ4v) is 3.68. The fourth-order valence-electron chi connectivity index (χ4n) is 3.68. The van der Waals surface area contributed by atoms with Gasteiger partial charge in [-0.2, -0.15) is 10.5 Å². The van der Waals surface area contributed by atoms with Crippen molar-refractivity contribution in [3.63, 3.8) is 0 Å². The molecule has 0 heterocycles. The molecule has 1 N–H and O–H groups in total. The van der Waals surface area contributed by atoms with E-state index in [-0.39, 0.29) is 5.41 Å². The Kier molecular flexibility index (Phi) is 2.91. The molecule has 3 heteroatoms. The van der Waals surface area contributed by atoms with Crippen molar-refractivity contribution >= 4 is 0 Å². The maximum Gasteiger partial charge on any atom is 0.174 e. The normalized spacial score (nSPS) is 31.6. The standard InChI is InChI=1S/C13H18N2O/c14-9-13(10-15)11(16)5-4-8-12(13)6-2-1-3-7-12/h11,16H,1-8H2. The van der Waals surface area contributed by atoms with Gasteiger partial charge in [-0.3, -0.25) is 0 Å². The summed E-state index contributed by atoms with van der Waals surface area (Å²) >= 11 is 0. The lowest BCUT2D eigenvalue weighted by Gasteiger charge is -2.50. The SMILES string of the molecule is N#CC1(C#N)C(O)CCCC12CCCCC2. The highest BCUT2D eigenvalue weighted by Crippen LogP contribution is 2.57. The molecule has 1 spiro atoms. The maximum absolute atomic E-state index is 10.1. The minimum atomic E-state index is -1.15. The second-order valence-electron chi connectivity index (χ2n) is 5.28. The second kappa shape index (κ2) is 4.07. The van der Waals surface area contributed by atoms with Gasteiger partial charge in [-0.1, -0.05) is 25.7 Å². The quantitative estimate of drug-likeness (QED) is 0.679. The van der Waals surface area contributed by atoms with Gasteiger partial charge in [0.05, 0.1) is 18.2 Å². The minimum absolute atomic E-state index is 0.230. The van der Waals surface area contributed by atoms with Gasteiger partial charge in [-0.25, -0.2) is 0 Å². The first-order valence-corrected chi connectivity index (χ1v) is 6.21. The van der Waals surface area contributed by atoms with E-state index >= 15 is 0 Å². The maximum atomic E-state index is 10.1. The average Bonchev–Trinajstić information content (AvgIpc) is 2.32. The Labute approximate surface area is 96.7 Å². The van der Waals surface area contributed by atoms with E-state index in [1.807, 2.05) is 0 Å². The van der Waals surface area contributed by atoms with Crippen LogP contribution in [0.25, 0.3) is 0 Å². The van der Waals surface area contributed by atoms with Crippen molar-refractivity contribution in [3.8, 4) is 12.1 Å². The second-order valence-corrected chi connectivity index (χ2v) is 5.28. The molecule has 0 radical (unpaired) electrons. The number of hydrogen-bond donors (Lipinski definition) is 1. The number of rotatable bonds is 0. The zero-order valence-electron chi connectivity index (χ0n) is 9.58. The van der Waals surface area contributed by atoms with Gasteiger partial charge in [-0.15, -0.1) is 0 Å². The molecule has 2 fully saturated rings. The molecule has 0 aromatic heterocycles. The molecule has 0 amide bonds. The molecular weight excluding hydrogens is 200 g/mol. The molecule has 2 aliphatic carbocycles. The van der Waals surface area contributed by atoms with Crippen LogP contribution in [-0.4, -0.2) is 11.2 Å². The minimum Gasteiger partial charge on any atom is -0.390 e. The third kappa shape index (κ3) is 1.35. The molecular formula is C13H18N2O. The lowest BCUT2D eigenvalue weighted by atomic mass is 9.51. The molecule has 1 unspecified atom stereocenters. The van der Waals surface area contributed by atoms with E-state index < -0.39 is 11.5 Å². The van der Waals surface area contributed by atoms with Crippen molar-refractivity contribution in [2.24, 2.45) is 10.8 Å². The Hall–Kier alpha value is -1.06. The van der Waals surface area contributed by atoms with E-state index in [1.165, 1.54) is 6.42 Å². The first kappa shape index (κ1) is 11.4. The predicted molar refractivity (Wildman–Crippen MR) is 59.0 cm³/mol. The Bertz CT molecular complexity index is 324. The van der Waals surface area contributed by atoms with E-state index in [2.05, 4.69) is 12.1 Å². The highest BCUT2D eigenvalue weighted by atomic mass is 16.3. The fraction of sp³-hybridized carbons (Fsp3) is 0.846. The molecule has 3 nitrogen and oxygen atoms in total. The number of nitrogens with zero attached hydrogens (tertiary/aromatic N) is 2. The molecule has 0 saturated heterocycles. The molecule has 1 atom stereocenters. The molecule has 0 aromatic carbocycles. The first-order valence-electron chi connectivity index (χ1n) is 6.21. The van der Waals surface area contributed by atoms with Crippen molar-refractivity contribution in [3.05, 3.63) is 0 Å².